The van der Waals surface area contributed by atoms with E-state index in [-0.39, 0.29) is 5.91 Å². The Balaban J connectivity index is 1.47. The van der Waals surface area contributed by atoms with Crippen molar-refractivity contribution >= 4 is 17.7 Å². The van der Waals surface area contributed by atoms with E-state index in [1.165, 1.54) is 6.08 Å². The molecule has 1 N–H and O–H groups in total. The number of benzene rings is 3. The van der Waals surface area contributed by atoms with Crippen LogP contribution in [0.2, 0.25) is 0 Å². The van der Waals surface area contributed by atoms with E-state index in [4.69, 9.17) is 18.6 Å². The highest BCUT2D eigenvalue weighted by Crippen LogP contribution is 2.38. The lowest BCUT2D eigenvalue weighted by atomic mass is 9.98. The molecule has 0 aliphatic rings. The molecule has 178 valence electrons. The summed E-state index contributed by atoms with van der Waals surface area (Å²) in [5, 5.41) is 2.88. The molecule has 0 atom stereocenters. The molecule has 0 radical (unpaired) electrons. The Hall–Kier alpha value is -4.52. The van der Waals surface area contributed by atoms with Gasteiger partial charge >= 0.3 is 0 Å². The molecule has 1 heterocycles. The number of carbonyl (C=O) groups excluding carboxylic acids is 1. The first-order valence-electron chi connectivity index (χ1n) is 10.9. The molecule has 3 aromatic carbocycles. The number of nitrogens with zero attached hydrogens (tertiary/aromatic N) is 1. The number of nitrogens with one attached hydrogen (secondary N) is 1. The standard InChI is InChI=1S/C28H26N2O5/c1-18-5-7-21(28-29-13-14-35-28)17-23(18)20-8-10-22(11-9-20)30-26(31)12-6-19-15-24(32-2)27(34-4)25(16-19)33-3/h5-17H,1-4H3,(H,30,31). The summed E-state index contributed by atoms with van der Waals surface area (Å²) in [6.45, 7) is 2.05. The molecule has 0 aliphatic carbocycles. The minimum atomic E-state index is -0.256. The van der Waals surface area contributed by atoms with Gasteiger partial charge in [-0.25, -0.2) is 4.98 Å². The first-order valence-corrected chi connectivity index (χ1v) is 10.9. The maximum Gasteiger partial charge on any atom is 0.248 e. The van der Waals surface area contributed by atoms with Crippen molar-refractivity contribution in [2.24, 2.45) is 0 Å². The van der Waals surface area contributed by atoms with Crippen molar-refractivity contribution in [3.63, 3.8) is 0 Å². The highest BCUT2D eigenvalue weighted by Gasteiger charge is 2.12. The van der Waals surface area contributed by atoms with Gasteiger partial charge in [-0.2, -0.15) is 0 Å². The highest BCUT2D eigenvalue weighted by atomic mass is 16.5. The van der Waals surface area contributed by atoms with E-state index >= 15 is 0 Å². The molecule has 1 amide bonds. The van der Waals surface area contributed by atoms with Crippen LogP contribution < -0.4 is 19.5 Å². The van der Waals surface area contributed by atoms with Crippen LogP contribution in [0, 0.1) is 6.92 Å². The summed E-state index contributed by atoms with van der Waals surface area (Å²) >= 11 is 0. The zero-order chi connectivity index (χ0) is 24.8. The second-order valence-electron chi connectivity index (χ2n) is 7.73. The fraction of sp³-hybridized carbons (Fsp3) is 0.143. The number of ether oxygens (including phenoxy) is 3. The van der Waals surface area contributed by atoms with Gasteiger partial charge in [-0.1, -0.05) is 18.2 Å². The van der Waals surface area contributed by atoms with Crippen LogP contribution in [-0.4, -0.2) is 32.2 Å². The Bertz CT molecular complexity index is 1320. The zero-order valence-electron chi connectivity index (χ0n) is 20.0. The SMILES string of the molecule is COc1cc(C=CC(=O)Nc2ccc(-c3cc(-c4ncco4)ccc3C)cc2)cc(OC)c1OC. The number of rotatable bonds is 8. The van der Waals surface area contributed by atoms with Gasteiger partial charge in [0, 0.05) is 17.3 Å². The molecule has 7 heteroatoms. The number of hydrogen-bond acceptors (Lipinski definition) is 6. The Morgan fingerprint density at radius 2 is 1.60 bits per heavy atom. The van der Waals surface area contributed by atoms with Crippen molar-refractivity contribution in [2.45, 2.75) is 6.92 Å². The topological polar surface area (TPSA) is 82.8 Å². The molecule has 7 nitrogen and oxygen atoms in total. The number of aromatic nitrogens is 1. The van der Waals surface area contributed by atoms with Gasteiger partial charge in [0.1, 0.15) is 6.26 Å². The van der Waals surface area contributed by atoms with E-state index in [0.29, 0.717) is 28.8 Å². The third-order valence-electron chi connectivity index (χ3n) is 5.49. The Morgan fingerprint density at radius 3 is 2.20 bits per heavy atom. The number of oxazole rings is 1. The third-order valence-corrected chi connectivity index (χ3v) is 5.49. The highest BCUT2D eigenvalue weighted by molar-refractivity contribution is 6.02. The van der Waals surface area contributed by atoms with Gasteiger partial charge in [0.25, 0.3) is 0 Å². The fourth-order valence-electron chi connectivity index (χ4n) is 3.72. The maximum absolute atomic E-state index is 12.5. The summed E-state index contributed by atoms with van der Waals surface area (Å²) in [6.07, 6.45) is 6.33. The number of aryl methyl sites for hydroxylation is 1. The van der Waals surface area contributed by atoms with E-state index in [1.807, 2.05) is 36.4 Å². The molecule has 0 fully saturated rings. The minimum Gasteiger partial charge on any atom is -0.493 e. The second-order valence-corrected chi connectivity index (χ2v) is 7.73. The largest absolute Gasteiger partial charge is 0.493 e. The van der Waals surface area contributed by atoms with Crippen LogP contribution in [0.25, 0.3) is 28.7 Å². The summed E-state index contributed by atoms with van der Waals surface area (Å²) in [5.41, 5.74) is 5.57. The van der Waals surface area contributed by atoms with E-state index in [1.54, 1.807) is 52.0 Å². The van der Waals surface area contributed by atoms with Crippen LogP contribution in [-0.2, 0) is 4.79 Å². The molecule has 4 rings (SSSR count). The van der Waals surface area contributed by atoms with Crippen LogP contribution in [0.15, 0.2) is 77.6 Å². The van der Waals surface area contributed by atoms with Crippen molar-refractivity contribution in [3.8, 4) is 39.8 Å². The van der Waals surface area contributed by atoms with Gasteiger partial charge in [0.05, 0.1) is 27.5 Å². The van der Waals surface area contributed by atoms with E-state index in [2.05, 4.69) is 23.3 Å². The van der Waals surface area contributed by atoms with Crippen LogP contribution in [0.1, 0.15) is 11.1 Å². The normalized spacial score (nSPS) is 10.9. The summed E-state index contributed by atoms with van der Waals surface area (Å²) < 4.78 is 21.5. The van der Waals surface area contributed by atoms with Gasteiger partial charge in [-0.3, -0.25) is 4.79 Å². The van der Waals surface area contributed by atoms with Crippen molar-refractivity contribution in [3.05, 3.63) is 84.3 Å². The van der Waals surface area contributed by atoms with Crippen molar-refractivity contribution in [2.75, 3.05) is 26.6 Å². The monoisotopic (exact) mass is 470 g/mol. The lowest BCUT2D eigenvalue weighted by molar-refractivity contribution is -0.111. The third kappa shape index (κ3) is 5.35. The average molecular weight is 471 g/mol. The molecule has 0 unspecified atom stereocenters. The smallest absolute Gasteiger partial charge is 0.248 e. The fourth-order valence-corrected chi connectivity index (χ4v) is 3.72. The van der Waals surface area contributed by atoms with Crippen LogP contribution in [0.3, 0.4) is 0 Å². The second kappa shape index (κ2) is 10.6. The molecule has 1 aromatic heterocycles. The molecule has 0 saturated carbocycles. The van der Waals surface area contributed by atoms with Crippen LogP contribution in [0.5, 0.6) is 17.2 Å². The molecule has 0 saturated heterocycles. The molecular weight excluding hydrogens is 444 g/mol. The lowest BCUT2D eigenvalue weighted by Crippen LogP contribution is -2.07. The molecule has 0 bridgehead atoms. The van der Waals surface area contributed by atoms with Gasteiger partial charge in [-0.15, -0.1) is 0 Å². The molecule has 0 aliphatic heterocycles. The maximum atomic E-state index is 12.5. The Morgan fingerprint density at radius 1 is 0.914 bits per heavy atom. The lowest BCUT2D eigenvalue weighted by Gasteiger charge is -2.12. The van der Waals surface area contributed by atoms with Crippen LogP contribution >= 0.6 is 0 Å². The Labute approximate surface area is 204 Å². The average Bonchev–Trinajstić information content (AvgIpc) is 3.42. The first kappa shape index (κ1) is 23.6. The summed E-state index contributed by atoms with van der Waals surface area (Å²) in [5.74, 6) is 1.86. The quantitative estimate of drug-likeness (QED) is 0.318. The molecule has 0 spiro atoms. The number of carbonyl (C=O) groups is 1. The first-order chi connectivity index (χ1) is 17.0. The number of anilines is 1. The van der Waals surface area contributed by atoms with Gasteiger partial charge in [0.2, 0.25) is 17.5 Å². The molecule has 4 aromatic rings. The van der Waals surface area contributed by atoms with Gasteiger partial charge < -0.3 is 23.9 Å². The predicted molar refractivity (Wildman–Crippen MR) is 136 cm³/mol. The number of methoxy groups -OCH3 is 3. The Kier molecular flexibility index (Phi) is 7.16. The number of amides is 1. The van der Waals surface area contributed by atoms with E-state index in [0.717, 1.165) is 27.8 Å². The molecular formula is C28H26N2O5. The summed E-state index contributed by atoms with van der Waals surface area (Å²) in [7, 11) is 4.64. The summed E-state index contributed by atoms with van der Waals surface area (Å²) in [4.78, 5) is 16.7. The van der Waals surface area contributed by atoms with Gasteiger partial charge in [-0.05, 0) is 71.7 Å². The van der Waals surface area contributed by atoms with Crippen LogP contribution in [0.4, 0.5) is 5.69 Å². The van der Waals surface area contributed by atoms with Crippen molar-refractivity contribution < 1.29 is 23.4 Å². The zero-order valence-corrected chi connectivity index (χ0v) is 20.0. The van der Waals surface area contributed by atoms with E-state index in [9.17, 15) is 4.79 Å². The number of hydrogen-bond donors (Lipinski definition) is 1. The molecule has 35 heavy (non-hydrogen) atoms. The predicted octanol–water partition coefficient (Wildman–Crippen LogP) is 5.99. The van der Waals surface area contributed by atoms with Crippen molar-refractivity contribution in [1.82, 2.24) is 4.98 Å². The van der Waals surface area contributed by atoms with E-state index < -0.39 is 0 Å². The van der Waals surface area contributed by atoms with Crippen molar-refractivity contribution in [1.29, 1.82) is 0 Å². The summed E-state index contributed by atoms with van der Waals surface area (Å²) in [6, 6.07) is 17.3. The van der Waals surface area contributed by atoms with Gasteiger partial charge in [0.15, 0.2) is 11.5 Å². The minimum absolute atomic E-state index is 0.256.